The number of halogens is 3. The predicted molar refractivity (Wildman–Crippen MR) is 59.3 cm³/mol. The minimum atomic E-state index is -4.47. The van der Waals surface area contributed by atoms with Gasteiger partial charge < -0.3 is 5.32 Å². The molecule has 0 bridgehead atoms. The van der Waals surface area contributed by atoms with Crippen LogP contribution in [0, 0.1) is 6.92 Å². The smallest absolute Gasteiger partial charge is 0.374 e. The van der Waals surface area contributed by atoms with Crippen molar-refractivity contribution in [2.75, 3.05) is 7.05 Å². The van der Waals surface area contributed by atoms with Crippen LogP contribution < -0.4 is 5.32 Å². The standard InChI is InChI=1S/C8H8F3N3S2/c1-4-3-5(8(9,10)11)14-6(13-4)16-7(15)12-2/h3H,1-2H3,(H,12,15). The molecule has 0 saturated carbocycles. The summed E-state index contributed by atoms with van der Waals surface area (Å²) in [5, 5.41) is 2.62. The van der Waals surface area contributed by atoms with Gasteiger partial charge >= 0.3 is 6.18 Å². The molecule has 0 unspecified atom stereocenters. The molecule has 1 aromatic rings. The van der Waals surface area contributed by atoms with E-state index < -0.39 is 11.9 Å². The third-order valence-electron chi connectivity index (χ3n) is 1.51. The Morgan fingerprint density at radius 3 is 2.56 bits per heavy atom. The SMILES string of the molecule is CNC(=S)Sc1nc(C)cc(C(F)(F)F)n1. The van der Waals surface area contributed by atoms with E-state index in [2.05, 4.69) is 15.3 Å². The van der Waals surface area contributed by atoms with E-state index in [1.165, 1.54) is 6.92 Å². The van der Waals surface area contributed by atoms with Gasteiger partial charge in [0.1, 0.15) is 10.0 Å². The molecule has 1 rings (SSSR count). The van der Waals surface area contributed by atoms with Gasteiger partial charge in [-0.3, -0.25) is 0 Å². The van der Waals surface area contributed by atoms with E-state index in [4.69, 9.17) is 12.2 Å². The topological polar surface area (TPSA) is 37.8 Å². The fraction of sp³-hybridized carbons (Fsp3) is 0.375. The average Bonchev–Trinajstić information content (AvgIpc) is 2.15. The van der Waals surface area contributed by atoms with E-state index in [9.17, 15) is 13.2 Å². The van der Waals surface area contributed by atoms with Crippen LogP contribution in [0.1, 0.15) is 11.4 Å². The van der Waals surface area contributed by atoms with E-state index in [1.807, 2.05) is 0 Å². The Labute approximate surface area is 99.9 Å². The van der Waals surface area contributed by atoms with Gasteiger partial charge in [0.2, 0.25) is 0 Å². The molecule has 0 radical (unpaired) electrons. The summed E-state index contributed by atoms with van der Waals surface area (Å²) in [5.41, 5.74) is -0.704. The van der Waals surface area contributed by atoms with Crippen LogP contribution in [0.2, 0.25) is 0 Å². The van der Waals surface area contributed by atoms with Crippen LogP contribution >= 0.6 is 24.0 Å². The molecule has 1 aromatic heterocycles. The van der Waals surface area contributed by atoms with Gasteiger partial charge in [-0.1, -0.05) is 12.2 Å². The molecular weight excluding hydrogens is 259 g/mol. The number of aryl methyl sites for hydroxylation is 1. The number of nitrogens with one attached hydrogen (secondary N) is 1. The lowest BCUT2D eigenvalue weighted by molar-refractivity contribution is -0.141. The average molecular weight is 267 g/mol. The van der Waals surface area contributed by atoms with Crippen molar-refractivity contribution in [1.29, 1.82) is 0 Å². The van der Waals surface area contributed by atoms with Gasteiger partial charge in [-0.25, -0.2) is 9.97 Å². The maximum absolute atomic E-state index is 12.4. The van der Waals surface area contributed by atoms with Crippen molar-refractivity contribution in [2.24, 2.45) is 0 Å². The summed E-state index contributed by atoms with van der Waals surface area (Å²) in [6.45, 7) is 1.48. The fourth-order valence-electron chi connectivity index (χ4n) is 0.866. The van der Waals surface area contributed by atoms with Crippen molar-refractivity contribution in [3.05, 3.63) is 17.5 Å². The Morgan fingerprint density at radius 2 is 2.06 bits per heavy atom. The van der Waals surface area contributed by atoms with Gasteiger partial charge in [-0.05, 0) is 24.8 Å². The van der Waals surface area contributed by atoms with E-state index in [0.717, 1.165) is 17.8 Å². The molecule has 3 nitrogen and oxygen atoms in total. The van der Waals surface area contributed by atoms with Crippen molar-refractivity contribution in [3.8, 4) is 0 Å². The molecule has 0 aliphatic rings. The molecule has 16 heavy (non-hydrogen) atoms. The van der Waals surface area contributed by atoms with Crippen molar-refractivity contribution in [3.63, 3.8) is 0 Å². The van der Waals surface area contributed by atoms with E-state index in [-0.39, 0.29) is 10.9 Å². The molecule has 1 N–H and O–H groups in total. The number of aromatic nitrogens is 2. The first-order valence-electron chi connectivity index (χ1n) is 4.15. The summed E-state index contributed by atoms with van der Waals surface area (Å²) >= 11 is 5.69. The molecule has 0 spiro atoms. The number of nitrogens with zero attached hydrogens (tertiary/aromatic N) is 2. The summed E-state index contributed by atoms with van der Waals surface area (Å²) in [6, 6.07) is 0.895. The number of thioether (sulfide) groups is 1. The molecule has 0 saturated heterocycles. The molecule has 1 heterocycles. The van der Waals surface area contributed by atoms with Gasteiger partial charge in [-0.15, -0.1) is 0 Å². The van der Waals surface area contributed by atoms with Crippen LogP contribution in [0.5, 0.6) is 0 Å². The third kappa shape index (κ3) is 3.60. The Bertz CT molecular complexity index is 406. The fourth-order valence-corrected chi connectivity index (χ4v) is 1.69. The summed E-state index contributed by atoms with van der Waals surface area (Å²) in [5.74, 6) is 0. The van der Waals surface area contributed by atoms with Crippen molar-refractivity contribution in [2.45, 2.75) is 18.3 Å². The third-order valence-corrected chi connectivity index (χ3v) is 2.72. The van der Waals surface area contributed by atoms with Crippen LogP contribution in [0.15, 0.2) is 11.2 Å². The second-order valence-corrected chi connectivity index (χ2v) is 4.46. The van der Waals surface area contributed by atoms with E-state index >= 15 is 0 Å². The van der Waals surface area contributed by atoms with Crippen molar-refractivity contribution >= 4 is 28.3 Å². The van der Waals surface area contributed by atoms with Crippen molar-refractivity contribution in [1.82, 2.24) is 15.3 Å². The number of hydrogen-bond acceptors (Lipinski definition) is 4. The van der Waals surface area contributed by atoms with Gasteiger partial charge in [0, 0.05) is 12.7 Å². The quantitative estimate of drug-likeness (QED) is 0.480. The van der Waals surface area contributed by atoms with Gasteiger partial charge in [-0.2, -0.15) is 13.2 Å². The normalized spacial score (nSPS) is 11.3. The molecule has 0 amide bonds. The largest absolute Gasteiger partial charge is 0.433 e. The lowest BCUT2D eigenvalue weighted by Gasteiger charge is -2.08. The van der Waals surface area contributed by atoms with E-state index in [0.29, 0.717) is 4.32 Å². The first-order chi connectivity index (χ1) is 7.32. The Balaban J connectivity index is 3.04. The molecule has 88 valence electrons. The van der Waals surface area contributed by atoms with Gasteiger partial charge in [0.25, 0.3) is 0 Å². The minimum Gasteiger partial charge on any atom is -0.374 e. The summed E-state index contributed by atoms with van der Waals surface area (Å²) in [6.07, 6.45) is -4.47. The number of alkyl halides is 3. The van der Waals surface area contributed by atoms with Gasteiger partial charge in [0.15, 0.2) is 5.16 Å². The van der Waals surface area contributed by atoms with Gasteiger partial charge in [0.05, 0.1) is 0 Å². The zero-order chi connectivity index (χ0) is 12.3. The highest BCUT2D eigenvalue weighted by Crippen LogP contribution is 2.29. The molecule has 0 fully saturated rings. The molecular formula is C8H8F3N3S2. The number of hydrogen-bond donors (Lipinski definition) is 1. The highest BCUT2D eigenvalue weighted by Gasteiger charge is 2.33. The maximum atomic E-state index is 12.4. The molecule has 0 aromatic carbocycles. The monoisotopic (exact) mass is 267 g/mol. The molecule has 8 heteroatoms. The first kappa shape index (κ1) is 13.2. The lowest BCUT2D eigenvalue weighted by atomic mass is 10.3. The number of rotatable bonds is 1. The highest BCUT2D eigenvalue weighted by molar-refractivity contribution is 8.22. The second-order valence-electron chi connectivity index (χ2n) is 2.81. The second kappa shape index (κ2) is 4.96. The van der Waals surface area contributed by atoms with Crippen molar-refractivity contribution < 1.29 is 13.2 Å². The van der Waals surface area contributed by atoms with Crippen LogP contribution in [-0.4, -0.2) is 21.3 Å². The lowest BCUT2D eigenvalue weighted by Crippen LogP contribution is -2.14. The Hall–Kier alpha value is -0.890. The van der Waals surface area contributed by atoms with Crippen LogP contribution in [0.3, 0.4) is 0 Å². The maximum Gasteiger partial charge on any atom is 0.433 e. The molecule has 0 aliphatic carbocycles. The van der Waals surface area contributed by atoms with Crippen LogP contribution in [-0.2, 0) is 6.18 Å². The minimum absolute atomic E-state index is 0.00771. The molecule has 0 atom stereocenters. The van der Waals surface area contributed by atoms with Crippen LogP contribution in [0.4, 0.5) is 13.2 Å². The zero-order valence-corrected chi connectivity index (χ0v) is 10.1. The van der Waals surface area contributed by atoms with Crippen LogP contribution in [0.25, 0.3) is 0 Å². The highest BCUT2D eigenvalue weighted by atomic mass is 32.2. The summed E-state index contributed by atoms with van der Waals surface area (Å²) in [7, 11) is 1.58. The predicted octanol–water partition coefficient (Wildman–Crippen LogP) is 2.40. The summed E-state index contributed by atoms with van der Waals surface area (Å²) < 4.78 is 37.6. The first-order valence-corrected chi connectivity index (χ1v) is 5.38. The van der Waals surface area contributed by atoms with E-state index in [1.54, 1.807) is 7.05 Å². The zero-order valence-electron chi connectivity index (χ0n) is 8.42. The Kier molecular flexibility index (Phi) is 4.09. The number of thiocarbonyl (C=S) groups is 1. The summed E-state index contributed by atoms with van der Waals surface area (Å²) in [4.78, 5) is 7.25. The Morgan fingerprint density at radius 1 is 1.44 bits per heavy atom. The molecule has 0 aliphatic heterocycles.